The van der Waals surface area contributed by atoms with E-state index in [1.165, 1.54) is 5.56 Å². The number of hydrogen-bond donors (Lipinski definition) is 2. The van der Waals surface area contributed by atoms with Gasteiger partial charge in [0, 0.05) is 24.7 Å². The van der Waals surface area contributed by atoms with E-state index in [9.17, 15) is 9.59 Å². The molecule has 0 spiro atoms. The van der Waals surface area contributed by atoms with Gasteiger partial charge in [0.1, 0.15) is 0 Å². The van der Waals surface area contributed by atoms with Crippen molar-refractivity contribution in [2.24, 2.45) is 5.92 Å². The normalized spacial score (nSPS) is 19.0. The summed E-state index contributed by atoms with van der Waals surface area (Å²) in [6.45, 7) is 2.91. The molecule has 1 saturated heterocycles. The maximum Gasteiger partial charge on any atom is 0.227 e. The number of H-pyrrole nitrogens is 1. The van der Waals surface area contributed by atoms with Crippen molar-refractivity contribution in [3.63, 3.8) is 0 Å². The van der Waals surface area contributed by atoms with Gasteiger partial charge >= 0.3 is 0 Å². The van der Waals surface area contributed by atoms with E-state index in [2.05, 4.69) is 34.6 Å². The molecule has 8 heteroatoms. The van der Waals surface area contributed by atoms with E-state index in [0.29, 0.717) is 23.9 Å². The van der Waals surface area contributed by atoms with E-state index in [0.717, 1.165) is 43.6 Å². The van der Waals surface area contributed by atoms with Crippen LogP contribution < -0.4 is 10.2 Å². The number of nitrogens with one attached hydrogen (secondary N) is 2. The van der Waals surface area contributed by atoms with E-state index in [4.69, 9.17) is 12.2 Å². The van der Waals surface area contributed by atoms with Crippen LogP contribution in [0.4, 0.5) is 5.69 Å². The van der Waals surface area contributed by atoms with Crippen LogP contribution in [-0.4, -0.2) is 33.1 Å². The number of aromatic nitrogens is 3. The number of benzene rings is 1. The maximum atomic E-state index is 12.7. The first-order chi connectivity index (χ1) is 14.1. The second-order valence-electron chi connectivity index (χ2n) is 7.94. The van der Waals surface area contributed by atoms with Gasteiger partial charge in [-0.2, -0.15) is 5.10 Å². The highest BCUT2D eigenvalue weighted by Gasteiger charge is 2.35. The molecule has 0 radical (unpaired) electrons. The van der Waals surface area contributed by atoms with Crippen LogP contribution in [0.1, 0.15) is 56.5 Å². The van der Waals surface area contributed by atoms with Crippen molar-refractivity contribution in [1.82, 2.24) is 20.1 Å². The minimum absolute atomic E-state index is 0.00730. The predicted octanol–water partition coefficient (Wildman–Crippen LogP) is 3.29. The number of carbonyl (C=O) groups is 2. The summed E-state index contributed by atoms with van der Waals surface area (Å²) in [5.41, 5.74) is 2.14. The zero-order valence-corrected chi connectivity index (χ0v) is 17.5. The van der Waals surface area contributed by atoms with Crippen LogP contribution in [0.15, 0.2) is 24.3 Å². The number of unbranched alkanes of at least 4 members (excludes halogenated alkanes) is 1. The molecule has 2 amide bonds. The molecule has 2 heterocycles. The highest BCUT2D eigenvalue weighted by Crippen LogP contribution is 2.35. The monoisotopic (exact) mass is 413 g/mol. The summed E-state index contributed by atoms with van der Waals surface area (Å²) < 4.78 is 2.59. The van der Waals surface area contributed by atoms with Crippen LogP contribution >= 0.6 is 12.2 Å². The lowest BCUT2D eigenvalue weighted by atomic mass is 10.1. The van der Waals surface area contributed by atoms with Crippen molar-refractivity contribution in [3.8, 4) is 0 Å². The topological polar surface area (TPSA) is 83.0 Å². The molecule has 1 aliphatic heterocycles. The fourth-order valence-corrected chi connectivity index (χ4v) is 4.14. The quantitative estimate of drug-likeness (QED) is 0.651. The SMILES string of the molecule is CCCCc1ccc(N2CC(C(=O)NCc3n[nH]c(=S)n3C3CC3)CC2=O)cc1. The lowest BCUT2D eigenvalue weighted by Crippen LogP contribution is -2.33. The van der Waals surface area contributed by atoms with E-state index in [1.807, 2.05) is 16.7 Å². The lowest BCUT2D eigenvalue weighted by molar-refractivity contribution is -0.126. The van der Waals surface area contributed by atoms with Gasteiger partial charge in [0.25, 0.3) is 0 Å². The van der Waals surface area contributed by atoms with E-state index in [-0.39, 0.29) is 24.2 Å². The number of hydrogen-bond acceptors (Lipinski definition) is 4. The van der Waals surface area contributed by atoms with Crippen LogP contribution in [0.5, 0.6) is 0 Å². The second-order valence-corrected chi connectivity index (χ2v) is 8.33. The van der Waals surface area contributed by atoms with Crippen LogP contribution in [0.3, 0.4) is 0 Å². The number of aromatic amines is 1. The summed E-state index contributed by atoms with van der Waals surface area (Å²) in [5, 5.41) is 9.98. The largest absolute Gasteiger partial charge is 0.348 e. The maximum absolute atomic E-state index is 12.7. The number of rotatable bonds is 8. The Hall–Kier alpha value is -2.48. The summed E-state index contributed by atoms with van der Waals surface area (Å²) in [5.74, 6) is 0.275. The molecule has 29 heavy (non-hydrogen) atoms. The molecule has 2 aromatic rings. The minimum Gasteiger partial charge on any atom is -0.348 e. The van der Waals surface area contributed by atoms with Gasteiger partial charge in [-0.1, -0.05) is 25.5 Å². The van der Waals surface area contributed by atoms with Gasteiger partial charge in [-0.25, -0.2) is 0 Å². The van der Waals surface area contributed by atoms with Crippen molar-refractivity contribution in [1.29, 1.82) is 0 Å². The fourth-order valence-electron chi connectivity index (χ4n) is 3.84. The van der Waals surface area contributed by atoms with Gasteiger partial charge in [-0.3, -0.25) is 19.3 Å². The predicted molar refractivity (Wildman–Crippen MR) is 113 cm³/mol. The van der Waals surface area contributed by atoms with Crippen molar-refractivity contribution in [3.05, 3.63) is 40.4 Å². The Morgan fingerprint density at radius 2 is 2.07 bits per heavy atom. The first-order valence-corrected chi connectivity index (χ1v) is 10.8. The molecule has 1 saturated carbocycles. The standard InChI is InChI=1S/C21H27N5O2S/c1-2-3-4-14-5-7-16(8-6-14)25-13-15(11-19(25)27)20(28)22-12-18-23-24-21(29)26(18)17-9-10-17/h5-8,15,17H,2-4,9-13H2,1H3,(H,22,28)(H,24,29). The van der Waals surface area contributed by atoms with Crippen LogP contribution in [0.25, 0.3) is 0 Å². The van der Waals surface area contributed by atoms with Crippen LogP contribution in [0, 0.1) is 10.7 Å². The Kier molecular flexibility index (Phi) is 5.80. The molecule has 1 unspecified atom stereocenters. The number of anilines is 1. The Morgan fingerprint density at radius 1 is 1.31 bits per heavy atom. The molecule has 1 aromatic carbocycles. The summed E-state index contributed by atoms with van der Waals surface area (Å²) in [6.07, 6.45) is 5.80. The highest BCUT2D eigenvalue weighted by molar-refractivity contribution is 7.71. The van der Waals surface area contributed by atoms with Crippen LogP contribution in [-0.2, 0) is 22.6 Å². The van der Waals surface area contributed by atoms with Gasteiger partial charge < -0.3 is 10.2 Å². The first kappa shape index (κ1) is 19.8. The van der Waals surface area contributed by atoms with Crippen molar-refractivity contribution in [2.75, 3.05) is 11.4 Å². The van der Waals surface area contributed by atoms with Crippen molar-refractivity contribution >= 4 is 29.7 Å². The highest BCUT2D eigenvalue weighted by atomic mass is 32.1. The smallest absolute Gasteiger partial charge is 0.227 e. The Labute approximate surface area is 175 Å². The van der Waals surface area contributed by atoms with Gasteiger partial charge in [0.2, 0.25) is 11.8 Å². The van der Waals surface area contributed by atoms with Gasteiger partial charge in [0.15, 0.2) is 10.6 Å². The third kappa shape index (κ3) is 4.42. The van der Waals surface area contributed by atoms with Gasteiger partial charge in [-0.15, -0.1) is 0 Å². The summed E-state index contributed by atoms with van der Waals surface area (Å²) in [7, 11) is 0. The van der Waals surface area contributed by atoms with E-state index < -0.39 is 0 Å². The number of amides is 2. The summed E-state index contributed by atoms with van der Waals surface area (Å²) >= 11 is 5.27. The van der Waals surface area contributed by atoms with Gasteiger partial charge in [0.05, 0.1) is 12.5 Å². The second kappa shape index (κ2) is 8.49. The first-order valence-electron chi connectivity index (χ1n) is 10.4. The molecule has 0 bridgehead atoms. The fraction of sp³-hybridized carbons (Fsp3) is 0.524. The zero-order chi connectivity index (χ0) is 20.4. The average molecular weight is 414 g/mol. The Morgan fingerprint density at radius 3 is 2.76 bits per heavy atom. The number of carbonyl (C=O) groups excluding carboxylic acids is 2. The van der Waals surface area contributed by atoms with E-state index >= 15 is 0 Å². The third-order valence-corrected chi connectivity index (χ3v) is 5.96. The summed E-state index contributed by atoms with van der Waals surface area (Å²) in [4.78, 5) is 26.9. The van der Waals surface area contributed by atoms with Gasteiger partial charge in [-0.05, 0) is 55.6 Å². The molecule has 4 rings (SSSR count). The summed E-state index contributed by atoms with van der Waals surface area (Å²) in [6, 6.07) is 8.52. The molecule has 2 aliphatic rings. The average Bonchev–Trinajstić information content (AvgIpc) is 3.38. The lowest BCUT2D eigenvalue weighted by Gasteiger charge is -2.17. The third-order valence-electron chi connectivity index (χ3n) is 5.67. The molecule has 2 fully saturated rings. The zero-order valence-electron chi connectivity index (χ0n) is 16.7. The van der Waals surface area contributed by atoms with E-state index in [1.54, 1.807) is 4.90 Å². The molecule has 7 nitrogen and oxygen atoms in total. The van der Waals surface area contributed by atoms with Crippen molar-refractivity contribution in [2.45, 2.75) is 58.0 Å². The van der Waals surface area contributed by atoms with Crippen LogP contribution in [0.2, 0.25) is 0 Å². The minimum atomic E-state index is -0.349. The van der Waals surface area contributed by atoms with Crippen molar-refractivity contribution < 1.29 is 9.59 Å². The molecule has 2 N–H and O–H groups in total. The molecule has 1 atom stereocenters. The molecular formula is C21H27N5O2S. The number of aryl methyl sites for hydroxylation is 1. The molecule has 1 aromatic heterocycles. The molecule has 154 valence electrons. The Balaban J connectivity index is 1.35. The molecular weight excluding hydrogens is 386 g/mol. The Bertz CT molecular complexity index is 945. The number of nitrogens with zero attached hydrogens (tertiary/aromatic N) is 3. The molecule has 1 aliphatic carbocycles.